The van der Waals surface area contributed by atoms with E-state index in [0.717, 1.165) is 5.71 Å². The third-order valence-electron chi connectivity index (χ3n) is 6.66. The highest BCUT2D eigenvalue weighted by atomic mass is 19.4. The van der Waals surface area contributed by atoms with Gasteiger partial charge in [0, 0.05) is 36.5 Å². The van der Waals surface area contributed by atoms with Crippen LogP contribution in [-0.4, -0.2) is 60.7 Å². The van der Waals surface area contributed by atoms with Crippen LogP contribution in [0.15, 0.2) is 69.0 Å². The molecule has 0 fully saturated rings. The van der Waals surface area contributed by atoms with Crippen LogP contribution in [0.25, 0.3) is 33.6 Å². The summed E-state index contributed by atoms with van der Waals surface area (Å²) >= 11 is 0. The van der Waals surface area contributed by atoms with Gasteiger partial charge in [0.15, 0.2) is 0 Å². The van der Waals surface area contributed by atoms with Crippen molar-refractivity contribution < 1.29 is 31.6 Å². The molecule has 0 saturated carbocycles. The summed E-state index contributed by atoms with van der Waals surface area (Å²) < 4.78 is 59.4. The highest BCUT2D eigenvalue weighted by Crippen LogP contribution is 2.38. The van der Waals surface area contributed by atoms with E-state index in [4.69, 9.17) is 4.42 Å². The van der Waals surface area contributed by atoms with Crippen LogP contribution in [0.4, 0.5) is 23.4 Å². The maximum atomic E-state index is 13.6. The molecule has 2 heterocycles. The average molecular weight is 625 g/mol. The average Bonchev–Trinajstić information content (AvgIpc) is 3.36. The Labute approximate surface area is 256 Å². The lowest BCUT2D eigenvalue weighted by Gasteiger charge is -2.26. The zero-order valence-corrected chi connectivity index (χ0v) is 25.5. The molecule has 4 rings (SSSR count). The molecule has 0 aliphatic rings. The van der Waals surface area contributed by atoms with Gasteiger partial charge in [-0.3, -0.25) is 14.6 Å². The second kappa shape index (κ2) is 12.9. The lowest BCUT2D eigenvalue weighted by atomic mass is 9.99. The third kappa shape index (κ3) is 7.54. The summed E-state index contributed by atoms with van der Waals surface area (Å²) in [6.45, 7) is 5.70. The molecule has 0 bridgehead atoms. The summed E-state index contributed by atoms with van der Waals surface area (Å²) in [6.07, 6.45) is -4.57. The van der Waals surface area contributed by atoms with Crippen LogP contribution in [0.2, 0.25) is 0 Å². The molecule has 9 nitrogen and oxygen atoms in total. The standard InChI is InChI=1S/C32H32F4N6O3/c1-17(2)40-30(38-6)31(3,4)42-27(43)20-9-7-8-19(14-20)22-15-23-24(28(44)37-5)25(18-10-12-21(33)13-11-18)45-29(23)41-26(22)39-16-32(34,35)36/h7-15H,16H2,1-6H3,(H,37,44)(H,39,41)(H,42,43)/b38-30-. The fraction of sp³-hybridized carbons (Fsp3) is 0.281. The Balaban J connectivity index is 1.86. The van der Waals surface area contributed by atoms with Crippen LogP contribution in [0, 0.1) is 5.82 Å². The van der Waals surface area contributed by atoms with Crippen molar-refractivity contribution >= 4 is 40.3 Å². The molecule has 0 atom stereocenters. The number of amides is 2. The summed E-state index contributed by atoms with van der Waals surface area (Å²) in [5.74, 6) is -1.25. The van der Waals surface area contributed by atoms with Crippen LogP contribution >= 0.6 is 0 Å². The van der Waals surface area contributed by atoms with E-state index in [0.29, 0.717) is 17.0 Å². The molecule has 2 aromatic carbocycles. The number of halogens is 4. The fourth-order valence-corrected chi connectivity index (χ4v) is 4.64. The molecule has 4 aromatic rings. The van der Waals surface area contributed by atoms with Crippen molar-refractivity contribution in [1.82, 2.24) is 15.6 Å². The number of alkyl halides is 3. The van der Waals surface area contributed by atoms with Crippen molar-refractivity contribution in [1.29, 1.82) is 0 Å². The zero-order valence-electron chi connectivity index (χ0n) is 25.5. The fourth-order valence-electron chi connectivity index (χ4n) is 4.64. The van der Waals surface area contributed by atoms with E-state index in [1.807, 2.05) is 0 Å². The number of hydrogen-bond donors (Lipinski definition) is 3. The number of rotatable bonds is 8. The SMILES string of the molecule is C/N=C(\N=C(C)C)C(C)(C)NC(=O)c1cccc(-c2cc3c(C(=O)NC)c(-c4ccc(F)cc4)oc3nc2NCC(F)(F)F)c1. The van der Waals surface area contributed by atoms with Crippen molar-refractivity contribution in [2.75, 3.05) is 26.0 Å². The van der Waals surface area contributed by atoms with Gasteiger partial charge in [0.2, 0.25) is 5.71 Å². The zero-order chi connectivity index (χ0) is 33.1. The van der Waals surface area contributed by atoms with Crippen molar-refractivity contribution in [2.45, 2.75) is 39.4 Å². The van der Waals surface area contributed by atoms with E-state index in [-0.39, 0.29) is 39.4 Å². The molecule has 236 valence electrons. The Kier molecular flexibility index (Phi) is 9.40. The van der Waals surface area contributed by atoms with Crippen molar-refractivity contribution in [3.63, 3.8) is 0 Å². The monoisotopic (exact) mass is 624 g/mol. The number of amidine groups is 1. The lowest BCUT2D eigenvalue weighted by molar-refractivity contribution is -0.115. The van der Waals surface area contributed by atoms with Gasteiger partial charge in [-0.2, -0.15) is 18.2 Å². The quantitative estimate of drug-likeness (QED) is 0.115. The maximum Gasteiger partial charge on any atom is 0.405 e. The number of fused-ring (bicyclic) bond motifs is 1. The minimum absolute atomic E-state index is 0.0593. The number of carbonyl (C=O) groups is 2. The number of aliphatic imine (C=N–C) groups is 2. The molecule has 45 heavy (non-hydrogen) atoms. The number of furan rings is 1. The predicted molar refractivity (Wildman–Crippen MR) is 166 cm³/mol. The number of carbonyl (C=O) groups excluding carboxylic acids is 2. The molecule has 13 heteroatoms. The molecule has 0 spiro atoms. The predicted octanol–water partition coefficient (Wildman–Crippen LogP) is 6.65. The van der Waals surface area contributed by atoms with Crippen molar-refractivity contribution in [3.05, 3.63) is 71.5 Å². The summed E-state index contributed by atoms with van der Waals surface area (Å²) in [5, 5.41) is 7.95. The van der Waals surface area contributed by atoms with Crippen molar-refractivity contribution in [2.24, 2.45) is 9.98 Å². The molecular weight excluding hydrogens is 592 g/mol. The van der Waals surface area contributed by atoms with E-state index in [1.165, 1.54) is 43.4 Å². The Hall–Kier alpha value is -5.07. The first-order valence-corrected chi connectivity index (χ1v) is 13.8. The van der Waals surface area contributed by atoms with Gasteiger partial charge in [0.25, 0.3) is 11.8 Å². The van der Waals surface area contributed by atoms with Crippen LogP contribution in [-0.2, 0) is 0 Å². The maximum absolute atomic E-state index is 13.6. The van der Waals surface area contributed by atoms with Gasteiger partial charge in [-0.05, 0) is 75.7 Å². The molecule has 0 aliphatic heterocycles. The Bertz CT molecular complexity index is 1800. The smallest absolute Gasteiger partial charge is 0.405 e. The molecule has 0 unspecified atom stereocenters. The molecule has 0 saturated heterocycles. The Morgan fingerprint density at radius 1 is 0.978 bits per heavy atom. The molecule has 3 N–H and O–H groups in total. The van der Waals surface area contributed by atoms with E-state index < -0.39 is 35.9 Å². The van der Waals surface area contributed by atoms with Crippen LogP contribution in [0.5, 0.6) is 0 Å². The van der Waals surface area contributed by atoms with Gasteiger partial charge < -0.3 is 20.4 Å². The number of hydrogen-bond acceptors (Lipinski definition) is 6. The second-order valence-electron chi connectivity index (χ2n) is 10.9. The van der Waals surface area contributed by atoms with Gasteiger partial charge in [0.1, 0.15) is 29.8 Å². The van der Waals surface area contributed by atoms with Crippen LogP contribution in [0.1, 0.15) is 48.4 Å². The van der Waals surface area contributed by atoms with Crippen LogP contribution < -0.4 is 16.0 Å². The summed E-state index contributed by atoms with van der Waals surface area (Å²) in [5.41, 5.74) is 0.838. The van der Waals surface area contributed by atoms with Gasteiger partial charge >= 0.3 is 6.18 Å². The Morgan fingerprint density at radius 2 is 1.67 bits per heavy atom. The van der Waals surface area contributed by atoms with E-state index >= 15 is 0 Å². The van der Waals surface area contributed by atoms with Gasteiger partial charge in [0.05, 0.1) is 16.5 Å². The first-order valence-electron chi connectivity index (χ1n) is 13.8. The second-order valence-corrected chi connectivity index (χ2v) is 10.9. The lowest BCUT2D eigenvalue weighted by Crippen LogP contribution is -2.49. The topological polar surface area (TPSA) is 121 Å². The third-order valence-corrected chi connectivity index (χ3v) is 6.66. The van der Waals surface area contributed by atoms with Crippen molar-refractivity contribution in [3.8, 4) is 22.5 Å². The van der Waals surface area contributed by atoms with E-state index in [9.17, 15) is 27.2 Å². The molecule has 0 aliphatic carbocycles. The molecule has 0 radical (unpaired) electrons. The summed E-state index contributed by atoms with van der Waals surface area (Å²) in [6, 6.07) is 12.9. The minimum atomic E-state index is -4.57. The first-order chi connectivity index (χ1) is 21.1. The Morgan fingerprint density at radius 3 is 2.27 bits per heavy atom. The van der Waals surface area contributed by atoms with Gasteiger partial charge in [-0.15, -0.1) is 0 Å². The van der Waals surface area contributed by atoms with E-state index in [1.54, 1.807) is 52.9 Å². The summed E-state index contributed by atoms with van der Waals surface area (Å²) in [4.78, 5) is 39.4. The van der Waals surface area contributed by atoms with E-state index in [2.05, 4.69) is 30.9 Å². The molecule has 2 amide bonds. The van der Waals surface area contributed by atoms with Gasteiger partial charge in [-0.1, -0.05) is 12.1 Å². The minimum Gasteiger partial charge on any atom is -0.437 e. The highest BCUT2D eigenvalue weighted by Gasteiger charge is 2.30. The largest absolute Gasteiger partial charge is 0.437 e. The normalized spacial score (nSPS) is 12.2. The molecular formula is C32H32F4N6O3. The highest BCUT2D eigenvalue weighted by molar-refractivity contribution is 6.12. The first kappa shape index (κ1) is 32.8. The van der Waals surface area contributed by atoms with Crippen LogP contribution in [0.3, 0.4) is 0 Å². The number of nitrogens with one attached hydrogen (secondary N) is 3. The number of anilines is 1. The number of pyridine rings is 1. The summed E-state index contributed by atoms with van der Waals surface area (Å²) in [7, 11) is 2.98. The number of aromatic nitrogens is 1. The molecule has 2 aromatic heterocycles. The number of benzene rings is 2. The van der Waals surface area contributed by atoms with Gasteiger partial charge in [-0.25, -0.2) is 9.38 Å². The number of nitrogens with zero attached hydrogens (tertiary/aromatic N) is 3.